The van der Waals surface area contributed by atoms with Crippen LogP contribution in [0.3, 0.4) is 0 Å². The number of phenolic OH excluding ortho intramolecular Hbond substituents is 1. The Balaban J connectivity index is 1.99. The zero-order valence-electron chi connectivity index (χ0n) is 15.7. The molecule has 0 spiro atoms. The average molecular weight is 388 g/mol. The molecule has 3 rings (SSSR count). The number of sulfonamides is 1. The predicted octanol–water partition coefficient (Wildman–Crippen LogP) is 3.38. The molecule has 1 N–H and O–H groups in total. The Labute approximate surface area is 160 Å². The van der Waals surface area contributed by atoms with E-state index in [-0.39, 0.29) is 10.6 Å². The molecule has 1 aliphatic heterocycles. The van der Waals surface area contributed by atoms with Gasteiger partial charge in [0, 0.05) is 39.0 Å². The Morgan fingerprint density at radius 3 is 2.44 bits per heavy atom. The van der Waals surface area contributed by atoms with Crippen LogP contribution < -0.4 is 4.90 Å². The molecule has 0 bridgehead atoms. The molecule has 0 radical (unpaired) electrons. The van der Waals surface area contributed by atoms with Crippen molar-refractivity contribution < 1.29 is 13.5 Å². The van der Waals surface area contributed by atoms with Crippen LogP contribution in [-0.2, 0) is 10.0 Å². The topological polar surface area (TPSA) is 73.2 Å². The monoisotopic (exact) mass is 387 g/mol. The summed E-state index contributed by atoms with van der Waals surface area (Å²) in [6.07, 6.45) is 4.41. The van der Waals surface area contributed by atoms with Crippen molar-refractivity contribution in [2.75, 3.05) is 32.1 Å². The molecule has 1 heterocycles. The number of aromatic hydroxyl groups is 1. The molecule has 0 unspecified atom stereocenters. The number of hydrogen-bond donors (Lipinski definition) is 1. The number of rotatable bonds is 5. The predicted molar refractivity (Wildman–Crippen MR) is 109 cm³/mol. The molecular weight excluding hydrogens is 362 g/mol. The van der Waals surface area contributed by atoms with Crippen molar-refractivity contribution in [3.05, 3.63) is 48.0 Å². The second-order valence-electron chi connectivity index (χ2n) is 6.83. The van der Waals surface area contributed by atoms with E-state index in [0.717, 1.165) is 24.9 Å². The zero-order valence-corrected chi connectivity index (χ0v) is 16.5. The molecule has 0 aromatic heterocycles. The van der Waals surface area contributed by atoms with Gasteiger partial charge in [-0.3, -0.25) is 4.99 Å². The van der Waals surface area contributed by atoms with Crippen LogP contribution in [0, 0.1) is 0 Å². The van der Waals surface area contributed by atoms with E-state index in [2.05, 4.69) is 4.99 Å². The second kappa shape index (κ2) is 8.10. The van der Waals surface area contributed by atoms with E-state index in [0.29, 0.717) is 24.3 Å². The van der Waals surface area contributed by atoms with Crippen molar-refractivity contribution in [2.24, 2.45) is 4.99 Å². The largest absolute Gasteiger partial charge is 0.507 e. The maximum absolute atomic E-state index is 13.0. The first-order valence-corrected chi connectivity index (χ1v) is 10.5. The van der Waals surface area contributed by atoms with Crippen molar-refractivity contribution >= 4 is 27.6 Å². The molecule has 0 amide bonds. The van der Waals surface area contributed by atoms with Crippen LogP contribution in [0.4, 0.5) is 11.4 Å². The van der Waals surface area contributed by atoms with E-state index in [9.17, 15) is 13.5 Å². The van der Waals surface area contributed by atoms with Crippen LogP contribution in [0.1, 0.15) is 24.8 Å². The molecule has 1 saturated heterocycles. The Kier molecular flexibility index (Phi) is 5.82. The number of benzene rings is 2. The van der Waals surface area contributed by atoms with Gasteiger partial charge in [-0.25, -0.2) is 8.42 Å². The number of aliphatic imine (C=N–C) groups is 1. The smallest absolute Gasteiger partial charge is 0.243 e. The fourth-order valence-electron chi connectivity index (χ4n) is 3.14. The quantitative estimate of drug-likeness (QED) is 0.798. The van der Waals surface area contributed by atoms with Crippen molar-refractivity contribution in [2.45, 2.75) is 24.2 Å². The fourth-order valence-corrected chi connectivity index (χ4v) is 4.67. The lowest BCUT2D eigenvalue weighted by atomic mass is 10.2. The van der Waals surface area contributed by atoms with Gasteiger partial charge in [-0.15, -0.1) is 0 Å². The SMILES string of the molecule is CN(C)c1ccc(S(=O)(=O)N2CCCCC2)cc1N=Cc1ccccc1O. The Hall–Kier alpha value is -2.38. The van der Waals surface area contributed by atoms with E-state index in [1.807, 2.05) is 25.1 Å². The van der Waals surface area contributed by atoms with Crippen molar-refractivity contribution in [1.29, 1.82) is 0 Å². The first kappa shape index (κ1) is 19.4. The first-order chi connectivity index (χ1) is 12.9. The molecule has 1 fully saturated rings. The number of piperidine rings is 1. The van der Waals surface area contributed by atoms with Gasteiger partial charge in [0.25, 0.3) is 0 Å². The van der Waals surface area contributed by atoms with Crippen molar-refractivity contribution in [1.82, 2.24) is 4.31 Å². The van der Waals surface area contributed by atoms with Gasteiger partial charge in [-0.05, 0) is 43.2 Å². The van der Waals surface area contributed by atoms with Gasteiger partial charge in [0.15, 0.2) is 0 Å². The van der Waals surface area contributed by atoms with Crippen LogP contribution in [0.15, 0.2) is 52.4 Å². The molecule has 1 aliphatic rings. The van der Waals surface area contributed by atoms with Crippen LogP contribution in [0.25, 0.3) is 0 Å². The van der Waals surface area contributed by atoms with E-state index < -0.39 is 10.0 Å². The lowest BCUT2D eigenvalue weighted by Crippen LogP contribution is -2.35. The molecule has 7 heteroatoms. The molecule has 27 heavy (non-hydrogen) atoms. The molecule has 0 aliphatic carbocycles. The van der Waals surface area contributed by atoms with Gasteiger partial charge in [0.1, 0.15) is 5.75 Å². The molecule has 6 nitrogen and oxygen atoms in total. The number of hydrogen-bond acceptors (Lipinski definition) is 5. The minimum Gasteiger partial charge on any atom is -0.507 e. The number of phenols is 1. The number of para-hydroxylation sites is 1. The maximum atomic E-state index is 13.0. The van der Waals surface area contributed by atoms with Crippen molar-refractivity contribution in [3.8, 4) is 5.75 Å². The summed E-state index contributed by atoms with van der Waals surface area (Å²) in [6, 6.07) is 11.9. The standard InChI is InChI=1S/C20H25N3O3S/c1-22(2)19-11-10-17(27(25,26)23-12-6-3-7-13-23)14-18(19)21-15-16-8-4-5-9-20(16)24/h4-5,8-11,14-15,24H,3,6-7,12-13H2,1-2H3. The highest BCUT2D eigenvalue weighted by Gasteiger charge is 2.26. The first-order valence-electron chi connectivity index (χ1n) is 9.03. The highest BCUT2D eigenvalue weighted by molar-refractivity contribution is 7.89. The highest BCUT2D eigenvalue weighted by atomic mass is 32.2. The number of nitrogens with zero attached hydrogens (tertiary/aromatic N) is 3. The average Bonchev–Trinajstić information content (AvgIpc) is 2.67. The summed E-state index contributed by atoms with van der Waals surface area (Å²) in [5.41, 5.74) is 1.92. The van der Waals surface area contributed by atoms with Gasteiger partial charge >= 0.3 is 0 Å². The lowest BCUT2D eigenvalue weighted by Gasteiger charge is -2.26. The second-order valence-corrected chi connectivity index (χ2v) is 8.76. The fraction of sp³-hybridized carbons (Fsp3) is 0.350. The Bertz CT molecular complexity index is 933. The minimum absolute atomic E-state index is 0.129. The molecule has 0 saturated carbocycles. The van der Waals surface area contributed by atoms with Crippen molar-refractivity contribution in [3.63, 3.8) is 0 Å². The van der Waals surface area contributed by atoms with Crippen LogP contribution in [0.5, 0.6) is 5.75 Å². The highest BCUT2D eigenvalue weighted by Crippen LogP contribution is 2.32. The Morgan fingerprint density at radius 1 is 1.07 bits per heavy atom. The molecular formula is C20H25N3O3S. The summed E-state index contributed by atoms with van der Waals surface area (Å²) in [5, 5.41) is 9.92. The normalized spacial score (nSPS) is 15.9. The third-order valence-corrected chi connectivity index (χ3v) is 6.56. The van der Waals surface area contributed by atoms with Crippen LogP contribution in [0.2, 0.25) is 0 Å². The minimum atomic E-state index is -3.53. The third-order valence-electron chi connectivity index (χ3n) is 4.66. The Morgan fingerprint density at radius 2 is 1.78 bits per heavy atom. The maximum Gasteiger partial charge on any atom is 0.243 e. The summed E-state index contributed by atoms with van der Waals surface area (Å²) >= 11 is 0. The molecule has 2 aromatic carbocycles. The zero-order chi connectivity index (χ0) is 19.4. The lowest BCUT2D eigenvalue weighted by molar-refractivity contribution is 0.346. The van der Waals surface area contributed by atoms with Crippen LogP contribution in [-0.4, -0.2) is 51.2 Å². The summed E-state index contributed by atoms with van der Waals surface area (Å²) in [4.78, 5) is 6.60. The third kappa shape index (κ3) is 4.31. The van der Waals surface area contributed by atoms with E-state index in [4.69, 9.17) is 0 Å². The van der Waals surface area contributed by atoms with E-state index in [1.165, 1.54) is 0 Å². The van der Waals surface area contributed by atoms with Gasteiger partial charge in [0.05, 0.1) is 16.3 Å². The van der Waals surface area contributed by atoms with Gasteiger partial charge < -0.3 is 10.0 Å². The van der Waals surface area contributed by atoms with Crippen LogP contribution >= 0.6 is 0 Å². The van der Waals surface area contributed by atoms with Gasteiger partial charge in [-0.2, -0.15) is 4.31 Å². The van der Waals surface area contributed by atoms with Gasteiger partial charge in [-0.1, -0.05) is 18.6 Å². The molecule has 144 valence electrons. The van der Waals surface area contributed by atoms with E-state index >= 15 is 0 Å². The summed E-state index contributed by atoms with van der Waals surface area (Å²) in [7, 11) is 0.238. The molecule has 2 aromatic rings. The summed E-state index contributed by atoms with van der Waals surface area (Å²) in [6.45, 7) is 1.13. The summed E-state index contributed by atoms with van der Waals surface area (Å²) in [5.74, 6) is 0.129. The van der Waals surface area contributed by atoms with E-state index in [1.54, 1.807) is 46.9 Å². The number of anilines is 1. The van der Waals surface area contributed by atoms with Gasteiger partial charge in [0.2, 0.25) is 10.0 Å². The summed E-state index contributed by atoms with van der Waals surface area (Å²) < 4.78 is 27.5. The molecule has 0 atom stereocenters.